The fourth-order valence-corrected chi connectivity index (χ4v) is 20.2. The molecule has 0 unspecified atom stereocenters. The molecule has 0 saturated heterocycles. The predicted octanol–water partition coefficient (Wildman–Crippen LogP) is 30.1. The van der Waals surface area contributed by atoms with Gasteiger partial charge in [-0.2, -0.15) is 15.0 Å². The molecule has 0 aliphatic rings. The molecular weight excluding hydrogens is 1530 g/mol. The predicted molar refractivity (Wildman–Crippen MR) is 524 cm³/mol. The van der Waals surface area contributed by atoms with Gasteiger partial charge in [0.05, 0.1) is 66.2 Å². The van der Waals surface area contributed by atoms with Gasteiger partial charge in [-0.15, -0.1) is 0 Å². The molecule has 7 aromatic heterocycles. The Morgan fingerprint density at radius 3 is 0.651 bits per heavy atom. The molecule has 126 heavy (non-hydrogen) atoms. The molecule has 9 heteroatoms. The Balaban J connectivity index is 0.737. The summed E-state index contributed by atoms with van der Waals surface area (Å²) in [4.78, 5) is 17.9. The fourth-order valence-electron chi connectivity index (χ4n) is 20.2. The van der Waals surface area contributed by atoms with Crippen LogP contribution in [0.15, 0.2) is 443 Å². The van der Waals surface area contributed by atoms with Crippen LogP contribution in [0.5, 0.6) is 0 Å². The van der Waals surface area contributed by atoms with E-state index in [1.807, 2.05) is 0 Å². The van der Waals surface area contributed by atoms with Gasteiger partial charge >= 0.3 is 0 Å². The summed E-state index contributed by atoms with van der Waals surface area (Å²) in [6.07, 6.45) is 0. The first-order chi connectivity index (χ1) is 62.5. The van der Waals surface area contributed by atoms with Crippen LogP contribution >= 0.6 is 0 Å². The molecule has 0 saturated carbocycles. The zero-order valence-electron chi connectivity index (χ0n) is 68.2. The molecule has 0 N–H and O–H groups in total. The monoisotopic (exact) mass is 1600 g/mol. The van der Waals surface area contributed by atoms with E-state index >= 15 is 0 Å². The molecule has 0 atom stereocenters. The molecule has 0 spiro atoms. The van der Waals surface area contributed by atoms with Crippen molar-refractivity contribution in [3.8, 4) is 113 Å². The second-order valence-electron chi connectivity index (χ2n) is 33.1. The first kappa shape index (κ1) is 70.8. The van der Waals surface area contributed by atoms with E-state index in [2.05, 4.69) is 470 Å². The molecule has 0 fully saturated rings. The molecule has 7 heterocycles. The lowest BCUT2D eigenvalue weighted by Crippen LogP contribution is -2.10. The summed E-state index contributed by atoms with van der Waals surface area (Å²) in [5.41, 5.74) is 31.3. The molecule has 0 amide bonds. The highest BCUT2D eigenvalue weighted by Gasteiger charge is 2.26. The summed E-state index contributed by atoms with van der Waals surface area (Å²) in [5, 5.41) is 13.7. The molecule has 9 nitrogen and oxygen atoms in total. The van der Waals surface area contributed by atoms with Gasteiger partial charge in [-0.1, -0.05) is 291 Å². The zero-order chi connectivity index (χ0) is 82.6. The average molecular weight is 1600 g/mol. The van der Waals surface area contributed by atoms with E-state index in [1.165, 1.54) is 48.7 Å². The Kier molecular flexibility index (Phi) is 15.9. The van der Waals surface area contributed by atoms with Gasteiger partial charge in [0.25, 0.3) is 0 Å². The third-order valence-corrected chi connectivity index (χ3v) is 26.1. The number of aromatic nitrogens is 9. The normalized spacial score (nSPS) is 12.0. The minimum atomic E-state index is 0.465. The standard InChI is InChI=1S/C117H73N9/c1-6-25-74(26-7-1)75-45-47-76(48-46-75)77-27-24-28-86(65-77)115-118-116(125-111-70-82(78-53-61-107-99(66-78)91-37-16-20-41-103(91)121(107)87-29-8-2-9-30-87)49-57-95(111)96-58-50-83(71-112(96)125)79-54-62-108-100(67-79)92-38-17-21-42-104(92)122(108)88-31-10-3-11-32-88)120-117(119-115)126-113-72-84(80-55-63-109-101(68-80)93-39-18-22-43-105(93)123(109)89-33-12-4-13-34-89)51-59-97(113)98-60-52-85(73-114(98)126)81-56-64-110-102(69-81)94-40-19-23-44-106(94)124(110)90-35-14-5-15-36-90/h1-73H. The maximum atomic E-state index is 6.09. The van der Waals surface area contributed by atoms with Crippen molar-refractivity contribution in [2.45, 2.75) is 0 Å². The molecule has 26 rings (SSSR count). The van der Waals surface area contributed by atoms with Crippen molar-refractivity contribution in [3.05, 3.63) is 443 Å². The number of fused-ring (bicyclic) bond motifs is 18. The number of benzene rings is 19. The molecule has 0 radical (unpaired) electrons. The number of hydrogen-bond acceptors (Lipinski definition) is 3. The highest BCUT2D eigenvalue weighted by molar-refractivity contribution is 6.18. The molecule has 26 aromatic rings. The highest BCUT2D eigenvalue weighted by atomic mass is 15.3. The van der Waals surface area contributed by atoms with Crippen molar-refractivity contribution in [2.75, 3.05) is 0 Å². The lowest BCUT2D eigenvalue weighted by atomic mass is 9.99. The first-order valence-corrected chi connectivity index (χ1v) is 43.0. The Labute approximate surface area is 724 Å². The second kappa shape index (κ2) is 28.3. The lowest BCUT2D eigenvalue weighted by molar-refractivity contribution is 0.893. The lowest BCUT2D eigenvalue weighted by Gasteiger charge is -2.14. The van der Waals surface area contributed by atoms with Crippen LogP contribution in [-0.2, 0) is 0 Å². The topological polar surface area (TPSA) is 68.2 Å². The number of hydrogen-bond donors (Lipinski definition) is 0. The summed E-state index contributed by atoms with van der Waals surface area (Å²) < 4.78 is 14.2. The van der Waals surface area contributed by atoms with Crippen LogP contribution in [0.25, 0.3) is 244 Å². The third-order valence-electron chi connectivity index (χ3n) is 26.1. The van der Waals surface area contributed by atoms with Gasteiger partial charge in [0.1, 0.15) is 0 Å². The summed E-state index contributed by atoms with van der Waals surface area (Å²) in [7, 11) is 0. The van der Waals surface area contributed by atoms with Crippen LogP contribution in [0.4, 0.5) is 0 Å². The van der Waals surface area contributed by atoms with Gasteiger partial charge in [0, 0.05) is 92.9 Å². The largest absolute Gasteiger partial charge is 0.309 e. The van der Waals surface area contributed by atoms with Gasteiger partial charge in [0.15, 0.2) is 5.82 Å². The molecule has 19 aromatic carbocycles. The SMILES string of the molecule is c1ccc(-c2ccc(-c3cccc(-c4nc(-n5c6cc(-c7ccc8c(c7)c7ccccc7n8-c7ccccc7)ccc6c6ccc(-c7ccc8c(c7)c7ccccc7n8-c7ccccc7)cc65)nc(-n5c6cc(-c7ccc8c(c7)c7ccccc7n8-c7ccccc7)ccc6c6ccc(-c7ccc8c(c7)c7ccccc7n8-c7ccccc7)cc65)n4)c3)cc2)cc1. The van der Waals surface area contributed by atoms with Gasteiger partial charge in [-0.3, -0.25) is 9.13 Å². The van der Waals surface area contributed by atoms with E-state index in [0.717, 1.165) is 177 Å². The second-order valence-corrected chi connectivity index (χ2v) is 33.1. The number of rotatable bonds is 13. The third kappa shape index (κ3) is 11.2. The summed E-state index contributed by atoms with van der Waals surface area (Å²) in [6.45, 7) is 0. The Hall–Kier alpha value is -17.0. The smallest absolute Gasteiger partial charge is 0.240 e. The quantitative estimate of drug-likeness (QED) is 0.116. The zero-order valence-corrected chi connectivity index (χ0v) is 68.2. The van der Waals surface area contributed by atoms with E-state index in [0.29, 0.717) is 17.7 Å². The van der Waals surface area contributed by atoms with Crippen molar-refractivity contribution in [1.29, 1.82) is 0 Å². The van der Waals surface area contributed by atoms with Crippen LogP contribution < -0.4 is 0 Å². The van der Waals surface area contributed by atoms with E-state index < -0.39 is 0 Å². The molecule has 0 aliphatic carbocycles. The van der Waals surface area contributed by atoms with E-state index in [9.17, 15) is 0 Å². The van der Waals surface area contributed by atoms with Crippen molar-refractivity contribution in [3.63, 3.8) is 0 Å². The van der Waals surface area contributed by atoms with Crippen LogP contribution in [0.2, 0.25) is 0 Å². The first-order valence-electron chi connectivity index (χ1n) is 43.0. The Morgan fingerprint density at radius 2 is 0.333 bits per heavy atom. The Bertz CT molecular complexity index is 8050. The van der Waals surface area contributed by atoms with E-state index in [4.69, 9.17) is 15.0 Å². The number of para-hydroxylation sites is 8. The van der Waals surface area contributed by atoms with Gasteiger partial charge in [-0.25, -0.2) is 0 Å². The minimum absolute atomic E-state index is 0.465. The average Bonchev–Trinajstić information content (AvgIpc) is 1.58. The van der Waals surface area contributed by atoms with Gasteiger partial charge in [0.2, 0.25) is 11.9 Å². The number of nitrogens with zero attached hydrogens (tertiary/aromatic N) is 9. The summed E-state index contributed by atoms with van der Waals surface area (Å²) >= 11 is 0. The maximum absolute atomic E-state index is 6.09. The van der Waals surface area contributed by atoms with Gasteiger partial charge in [-0.05, 0) is 218 Å². The maximum Gasteiger partial charge on any atom is 0.240 e. The molecule has 586 valence electrons. The minimum Gasteiger partial charge on any atom is -0.309 e. The molecule has 0 bridgehead atoms. The summed E-state index contributed by atoms with van der Waals surface area (Å²) in [5.74, 6) is 1.45. The van der Waals surface area contributed by atoms with Gasteiger partial charge < -0.3 is 18.3 Å². The fraction of sp³-hybridized carbons (Fsp3) is 0. The summed E-state index contributed by atoms with van der Waals surface area (Å²) in [6, 6.07) is 162. The van der Waals surface area contributed by atoms with Crippen molar-refractivity contribution in [1.82, 2.24) is 42.4 Å². The van der Waals surface area contributed by atoms with Crippen LogP contribution in [-0.4, -0.2) is 42.4 Å². The van der Waals surface area contributed by atoms with E-state index in [1.54, 1.807) is 0 Å². The van der Waals surface area contributed by atoms with Crippen LogP contribution in [0.3, 0.4) is 0 Å². The van der Waals surface area contributed by atoms with Crippen molar-refractivity contribution >= 4 is 131 Å². The highest BCUT2D eigenvalue weighted by Crippen LogP contribution is 2.46. The molecule has 0 aliphatic heterocycles. The van der Waals surface area contributed by atoms with Crippen LogP contribution in [0, 0.1) is 0 Å². The Morgan fingerprint density at radius 1 is 0.119 bits per heavy atom. The van der Waals surface area contributed by atoms with Crippen LogP contribution in [0.1, 0.15) is 0 Å². The van der Waals surface area contributed by atoms with Crippen molar-refractivity contribution in [2.24, 2.45) is 0 Å². The molecular formula is C117H73N9. The van der Waals surface area contributed by atoms with Crippen molar-refractivity contribution < 1.29 is 0 Å². The van der Waals surface area contributed by atoms with E-state index in [-0.39, 0.29) is 0 Å².